The maximum Gasteiger partial charge on any atom is 0.283 e. The first-order valence-corrected chi connectivity index (χ1v) is 10.4. The molecule has 2 aromatic heterocycles. The first-order chi connectivity index (χ1) is 12.3. The van der Waals surface area contributed by atoms with Crippen molar-refractivity contribution in [1.29, 1.82) is 0 Å². The summed E-state index contributed by atoms with van der Waals surface area (Å²) >= 11 is 0. The van der Waals surface area contributed by atoms with Crippen molar-refractivity contribution in [3.8, 4) is 11.7 Å². The number of likely N-dealkylation sites (tertiary alicyclic amines) is 1. The van der Waals surface area contributed by atoms with E-state index >= 15 is 0 Å². The van der Waals surface area contributed by atoms with Crippen LogP contribution in [-0.2, 0) is 16.6 Å². The molecule has 142 valence electrons. The summed E-state index contributed by atoms with van der Waals surface area (Å²) in [5.74, 6) is 1.19. The molecule has 1 N–H and O–H groups in total. The maximum absolute atomic E-state index is 11.8. The van der Waals surface area contributed by atoms with E-state index in [9.17, 15) is 13.5 Å². The fraction of sp³-hybridized carbons (Fsp3) is 0.625. The Morgan fingerprint density at radius 2 is 2.12 bits per heavy atom. The zero-order valence-electron chi connectivity index (χ0n) is 14.5. The van der Waals surface area contributed by atoms with Crippen LogP contribution in [0.2, 0.25) is 0 Å². The van der Waals surface area contributed by atoms with E-state index in [1.54, 1.807) is 18.4 Å². The monoisotopic (exact) mass is 382 g/mol. The van der Waals surface area contributed by atoms with Crippen molar-refractivity contribution in [1.82, 2.24) is 19.4 Å². The van der Waals surface area contributed by atoms with Gasteiger partial charge in [-0.3, -0.25) is 4.90 Å². The molecule has 0 bridgehead atoms. The molecule has 9 nitrogen and oxygen atoms in total. The molecular formula is C16H22N4O5S. The van der Waals surface area contributed by atoms with Crippen LogP contribution in [0.5, 0.6) is 0 Å². The molecule has 0 unspecified atom stereocenters. The topological polar surface area (TPSA) is 113 Å². The van der Waals surface area contributed by atoms with Gasteiger partial charge in [-0.2, -0.15) is 0 Å². The van der Waals surface area contributed by atoms with E-state index in [1.807, 2.05) is 0 Å². The van der Waals surface area contributed by atoms with E-state index < -0.39 is 15.6 Å². The van der Waals surface area contributed by atoms with Gasteiger partial charge < -0.3 is 13.9 Å². The summed E-state index contributed by atoms with van der Waals surface area (Å²) in [6, 6.07) is 3.50. The van der Waals surface area contributed by atoms with E-state index in [0.29, 0.717) is 63.1 Å². The van der Waals surface area contributed by atoms with Crippen molar-refractivity contribution >= 4 is 10.0 Å². The fourth-order valence-corrected chi connectivity index (χ4v) is 4.67. The summed E-state index contributed by atoms with van der Waals surface area (Å²) in [7, 11) is -3.25. The lowest BCUT2D eigenvalue weighted by atomic mass is 9.76. The molecule has 2 aliphatic rings. The lowest BCUT2D eigenvalue weighted by Gasteiger charge is -2.49. The SMILES string of the molecule is CS(=O)(=O)N1CC[C@]2(O)CCN(Cc3nnc(-c4ccco4)o3)C[C@@H]2C1. The number of fused-ring (bicyclic) bond motifs is 1. The molecule has 2 saturated heterocycles. The summed E-state index contributed by atoms with van der Waals surface area (Å²) in [5.41, 5.74) is -0.800. The van der Waals surface area contributed by atoms with E-state index in [0.717, 1.165) is 0 Å². The van der Waals surface area contributed by atoms with Crippen LogP contribution in [0.15, 0.2) is 27.2 Å². The molecule has 0 aromatic carbocycles. The Morgan fingerprint density at radius 1 is 1.31 bits per heavy atom. The number of rotatable bonds is 4. The van der Waals surface area contributed by atoms with E-state index in [4.69, 9.17) is 8.83 Å². The Labute approximate surface area is 151 Å². The van der Waals surface area contributed by atoms with Gasteiger partial charge in [0.25, 0.3) is 5.89 Å². The molecule has 10 heteroatoms. The number of nitrogens with zero attached hydrogens (tertiary/aromatic N) is 4. The Hall–Kier alpha value is -1.75. The Kier molecular flexibility index (Phi) is 4.38. The van der Waals surface area contributed by atoms with Crippen LogP contribution in [0.25, 0.3) is 11.7 Å². The second kappa shape index (κ2) is 6.45. The van der Waals surface area contributed by atoms with Gasteiger partial charge in [-0.25, -0.2) is 12.7 Å². The number of furan rings is 1. The van der Waals surface area contributed by atoms with Crippen LogP contribution >= 0.6 is 0 Å². The van der Waals surface area contributed by atoms with Crippen LogP contribution < -0.4 is 0 Å². The van der Waals surface area contributed by atoms with E-state index in [2.05, 4.69) is 15.1 Å². The highest BCUT2D eigenvalue weighted by Gasteiger charge is 2.46. The van der Waals surface area contributed by atoms with E-state index in [-0.39, 0.29) is 5.92 Å². The largest absolute Gasteiger partial charge is 0.459 e. The van der Waals surface area contributed by atoms with Crippen molar-refractivity contribution < 1.29 is 22.4 Å². The first-order valence-electron chi connectivity index (χ1n) is 8.60. The van der Waals surface area contributed by atoms with Gasteiger partial charge in [-0.1, -0.05) is 0 Å². The van der Waals surface area contributed by atoms with Crippen molar-refractivity contribution in [3.63, 3.8) is 0 Å². The second-order valence-electron chi connectivity index (χ2n) is 7.13. The van der Waals surface area contributed by atoms with E-state index in [1.165, 1.54) is 10.6 Å². The van der Waals surface area contributed by atoms with Crippen molar-refractivity contribution in [3.05, 3.63) is 24.3 Å². The van der Waals surface area contributed by atoms with Crippen LogP contribution in [0, 0.1) is 5.92 Å². The normalized spacial score (nSPS) is 28.2. The average Bonchev–Trinajstić information content (AvgIpc) is 3.25. The highest BCUT2D eigenvalue weighted by Crippen LogP contribution is 2.36. The molecule has 4 heterocycles. The van der Waals surface area contributed by atoms with Crippen molar-refractivity contribution in [2.75, 3.05) is 32.4 Å². The molecule has 4 rings (SSSR count). The zero-order chi connectivity index (χ0) is 18.4. The predicted octanol–water partition coefficient (Wildman–Crippen LogP) is 0.548. The molecule has 2 aromatic rings. The third kappa shape index (κ3) is 3.41. The third-order valence-electron chi connectivity index (χ3n) is 5.34. The summed E-state index contributed by atoms with van der Waals surface area (Å²) in [4.78, 5) is 2.12. The van der Waals surface area contributed by atoms with Crippen LogP contribution in [0.3, 0.4) is 0 Å². The quantitative estimate of drug-likeness (QED) is 0.816. The van der Waals surface area contributed by atoms with Gasteiger partial charge in [0.2, 0.25) is 15.9 Å². The maximum atomic E-state index is 11.8. The summed E-state index contributed by atoms with van der Waals surface area (Å²) in [5, 5.41) is 18.9. The number of piperidine rings is 2. The molecule has 0 aliphatic carbocycles. The standard InChI is InChI=1S/C16H22N4O5S/c1-26(22,23)20-7-5-16(21)4-6-19(9-12(16)10-20)11-14-17-18-15(25-14)13-3-2-8-24-13/h2-3,8,12,21H,4-7,9-11H2,1H3/t12-,16-/m1/s1. The molecule has 26 heavy (non-hydrogen) atoms. The molecule has 0 spiro atoms. The summed E-state index contributed by atoms with van der Waals surface area (Å²) < 4.78 is 36.0. The van der Waals surface area contributed by atoms with Gasteiger partial charge in [0.05, 0.1) is 24.7 Å². The average molecular weight is 382 g/mol. The molecule has 2 fully saturated rings. The molecule has 0 amide bonds. The first kappa shape index (κ1) is 17.7. The van der Waals surface area contributed by atoms with Gasteiger partial charge in [-0.15, -0.1) is 10.2 Å². The number of hydrogen-bond acceptors (Lipinski definition) is 8. The predicted molar refractivity (Wildman–Crippen MR) is 91.4 cm³/mol. The minimum Gasteiger partial charge on any atom is -0.459 e. The third-order valence-corrected chi connectivity index (χ3v) is 6.61. The number of aromatic nitrogens is 2. The summed E-state index contributed by atoms with van der Waals surface area (Å²) in [6.07, 6.45) is 3.84. The Morgan fingerprint density at radius 3 is 2.85 bits per heavy atom. The van der Waals surface area contributed by atoms with Crippen LogP contribution in [-0.4, -0.2) is 71.0 Å². The van der Waals surface area contributed by atoms with Gasteiger partial charge >= 0.3 is 0 Å². The summed E-state index contributed by atoms with van der Waals surface area (Å²) in [6.45, 7) is 2.46. The van der Waals surface area contributed by atoms with Gasteiger partial charge in [-0.05, 0) is 25.0 Å². The van der Waals surface area contributed by atoms with Gasteiger partial charge in [0, 0.05) is 32.1 Å². The van der Waals surface area contributed by atoms with Crippen LogP contribution in [0.4, 0.5) is 0 Å². The smallest absolute Gasteiger partial charge is 0.283 e. The zero-order valence-corrected chi connectivity index (χ0v) is 15.4. The number of hydrogen-bond donors (Lipinski definition) is 1. The number of aliphatic hydroxyl groups is 1. The van der Waals surface area contributed by atoms with Gasteiger partial charge in [0.1, 0.15) is 0 Å². The minimum absolute atomic E-state index is 0.132. The number of sulfonamides is 1. The second-order valence-corrected chi connectivity index (χ2v) is 9.12. The Bertz CT molecular complexity index is 865. The molecule has 2 atom stereocenters. The highest BCUT2D eigenvalue weighted by atomic mass is 32.2. The molecule has 0 radical (unpaired) electrons. The fourth-order valence-electron chi connectivity index (χ4n) is 3.79. The highest BCUT2D eigenvalue weighted by molar-refractivity contribution is 7.88. The van der Waals surface area contributed by atoms with Crippen molar-refractivity contribution in [2.24, 2.45) is 5.92 Å². The molecule has 0 saturated carbocycles. The Balaban J connectivity index is 1.43. The lowest BCUT2D eigenvalue weighted by Crippen LogP contribution is -2.60. The van der Waals surface area contributed by atoms with Crippen molar-refractivity contribution in [2.45, 2.75) is 25.0 Å². The van der Waals surface area contributed by atoms with Gasteiger partial charge in [0.15, 0.2) is 5.76 Å². The van der Waals surface area contributed by atoms with Crippen LogP contribution in [0.1, 0.15) is 18.7 Å². The molecule has 2 aliphatic heterocycles. The minimum atomic E-state index is -3.25. The lowest BCUT2D eigenvalue weighted by molar-refractivity contribution is -0.103. The molecular weight excluding hydrogens is 360 g/mol.